The van der Waals surface area contributed by atoms with Crippen LogP contribution in [0, 0.1) is 0 Å². The second kappa shape index (κ2) is 14.4. The third-order valence-electron chi connectivity index (χ3n) is 3.99. The van der Waals surface area contributed by atoms with Crippen molar-refractivity contribution >= 4 is 0 Å². The topological polar surface area (TPSA) is 14.1 Å². The van der Waals surface area contributed by atoms with E-state index in [2.05, 4.69) is 27.7 Å². The molecule has 0 fully saturated rings. The van der Waals surface area contributed by atoms with E-state index in [1.54, 1.807) is 0 Å². The largest absolute Gasteiger partial charge is 0.235 e. The van der Waals surface area contributed by atoms with Crippen molar-refractivity contribution in [3.63, 3.8) is 0 Å². The minimum absolute atomic E-state index is 0.651. The summed E-state index contributed by atoms with van der Waals surface area (Å²) in [7, 11) is 0. The van der Waals surface area contributed by atoms with Crippen LogP contribution in [0.4, 0.5) is 0 Å². The van der Waals surface area contributed by atoms with Crippen molar-refractivity contribution in [3.05, 3.63) is 0 Å². The van der Waals surface area contributed by atoms with Crippen LogP contribution in [0.2, 0.25) is 0 Å². The number of unbranched alkanes of at least 4 members (excludes halogenated alkanes) is 4. The normalized spacial score (nSPS) is 11.7. The average Bonchev–Trinajstić information content (AvgIpc) is 2.44. The molecule has 0 aliphatic carbocycles. The molecule has 0 atom stereocenters. The van der Waals surface area contributed by atoms with Crippen LogP contribution in [0.3, 0.4) is 0 Å². The van der Waals surface area contributed by atoms with Crippen molar-refractivity contribution in [2.75, 3.05) is 0 Å². The van der Waals surface area contributed by atoms with E-state index in [9.17, 15) is 0 Å². The Morgan fingerprint density at radius 2 is 0.789 bits per heavy atom. The van der Waals surface area contributed by atoms with Crippen LogP contribution in [-0.2, 0) is 0 Å². The molecule has 0 aromatic rings. The number of rotatable bonds is 14. The molecule has 0 heterocycles. The van der Waals surface area contributed by atoms with Gasteiger partial charge < -0.3 is 0 Å². The predicted molar refractivity (Wildman–Crippen MR) is 87.8 cm³/mol. The Morgan fingerprint density at radius 3 is 1.00 bits per heavy atom. The van der Waals surface area contributed by atoms with E-state index in [4.69, 9.17) is 5.32 Å². The molecule has 1 radical (unpaired) electrons. The van der Waals surface area contributed by atoms with Crippen LogP contribution in [0.25, 0.3) is 0 Å². The van der Waals surface area contributed by atoms with Crippen molar-refractivity contribution in [1.82, 2.24) is 5.32 Å². The van der Waals surface area contributed by atoms with Crippen molar-refractivity contribution in [2.24, 2.45) is 0 Å². The van der Waals surface area contributed by atoms with Gasteiger partial charge in [0.15, 0.2) is 0 Å². The van der Waals surface area contributed by atoms with Crippen LogP contribution >= 0.6 is 0 Å². The van der Waals surface area contributed by atoms with Gasteiger partial charge in [0.2, 0.25) is 0 Å². The summed E-state index contributed by atoms with van der Waals surface area (Å²) >= 11 is 0. The molecule has 0 aliphatic heterocycles. The fourth-order valence-corrected chi connectivity index (χ4v) is 2.64. The van der Waals surface area contributed by atoms with E-state index in [0.29, 0.717) is 12.1 Å². The van der Waals surface area contributed by atoms with Crippen LogP contribution in [0.15, 0.2) is 0 Å². The van der Waals surface area contributed by atoms with Gasteiger partial charge in [0, 0.05) is 12.1 Å². The van der Waals surface area contributed by atoms with Crippen LogP contribution in [-0.4, -0.2) is 12.1 Å². The molecule has 0 aromatic carbocycles. The molecular formula is C18H38N. The third-order valence-corrected chi connectivity index (χ3v) is 3.99. The van der Waals surface area contributed by atoms with E-state index in [0.717, 1.165) is 0 Å². The first-order valence-electron chi connectivity index (χ1n) is 8.98. The number of nitrogens with zero attached hydrogens (tertiary/aromatic N) is 1. The second-order valence-electron chi connectivity index (χ2n) is 6.03. The molecule has 0 N–H and O–H groups in total. The summed E-state index contributed by atoms with van der Waals surface area (Å²) in [6, 6.07) is 1.30. The standard InChI is InChI=1S/C18H38N/c1-5-9-13-17(14-10-6-2)19-18(15-11-7-3)16-12-8-4/h17-18H,5-16H2,1-4H3. The lowest BCUT2D eigenvalue weighted by Gasteiger charge is -2.24. The van der Waals surface area contributed by atoms with Gasteiger partial charge in [-0.3, -0.25) is 0 Å². The Morgan fingerprint density at radius 1 is 0.526 bits per heavy atom. The van der Waals surface area contributed by atoms with Crippen LogP contribution < -0.4 is 5.32 Å². The second-order valence-corrected chi connectivity index (χ2v) is 6.03. The first-order chi connectivity index (χ1) is 9.28. The van der Waals surface area contributed by atoms with Gasteiger partial charge in [0.25, 0.3) is 0 Å². The van der Waals surface area contributed by atoms with Gasteiger partial charge in [0.05, 0.1) is 0 Å². The molecule has 0 spiro atoms. The van der Waals surface area contributed by atoms with Gasteiger partial charge in [-0.2, -0.15) is 0 Å². The zero-order valence-corrected chi connectivity index (χ0v) is 14.1. The molecule has 0 unspecified atom stereocenters. The summed E-state index contributed by atoms with van der Waals surface area (Å²) in [5, 5.41) is 5.23. The summed E-state index contributed by atoms with van der Waals surface area (Å²) in [4.78, 5) is 0. The fraction of sp³-hybridized carbons (Fsp3) is 1.00. The number of hydrogen-bond donors (Lipinski definition) is 0. The molecule has 0 aromatic heterocycles. The van der Waals surface area contributed by atoms with Gasteiger partial charge in [-0.15, -0.1) is 0 Å². The highest BCUT2D eigenvalue weighted by Crippen LogP contribution is 2.16. The first-order valence-corrected chi connectivity index (χ1v) is 8.98. The van der Waals surface area contributed by atoms with Crippen molar-refractivity contribution in [1.29, 1.82) is 0 Å². The molecule has 0 rings (SSSR count). The molecule has 1 heteroatoms. The Bertz CT molecular complexity index is 133. The zero-order chi connectivity index (χ0) is 14.3. The average molecular weight is 269 g/mol. The van der Waals surface area contributed by atoms with Gasteiger partial charge >= 0.3 is 0 Å². The Balaban J connectivity index is 4.16. The van der Waals surface area contributed by atoms with Crippen molar-refractivity contribution < 1.29 is 0 Å². The highest BCUT2D eigenvalue weighted by Gasteiger charge is 2.15. The molecule has 0 amide bonds. The predicted octanol–water partition coefficient (Wildman–Crippen LogP) is 6.09. The molecule has 1 nitrogen and oxygen atoms in total. The highest BCUT2D eigenvalue weighted by atomic mass is 14.9. The monoisotopic (exact) mass is 268 g/mol. The molecule has 0 aliphatic rings. The lowest BCUT2D eigenvalue weighted by Crippen LogP contribution is -2.32. The molecule has 19 heavy (non-hydrogen) atoms. The maximum atomic E-state index is 5.23. The molecular weight excluding hydrogens is 230 g/mol. The minimum Gasteiger partial charge on any atom is -0.235 e. The summed E-state index contributed by atoms with van der Waals surface area (Å²) in [6.45, 7) is 9.18. The third kappa shape index (κ3) is 11.5. The van der Waals surface area contributed by atoms with E-state index in [1.807, 2.05) is 0 Å². The molecule has 0 saturated heterocycles. The van der Waals surface area contributed by atoms with E-state index in [-0.39, 0.29) is 0 Å². The highest BCUT2D eigenvalue weighted by molar-refractivity contribution is 4.74. The van der Waals surface area contributed by atoms with Crippen molar-refractivity contribution in [3.8, 4) is 0 Å². The Kier molecular flexibility index (Phi) is 14.3. The summed E-state index contributed by atoms with van der Waals surface area (Å²) in [6.07, 6.45) is 16.0. The first kappa shape index (κ1) is 19.0. The quantitative estimate of drug-likeness (QED) is 0.362. The Hall–Kier alpha value is -0.0400. The van der Waals surface area contributed by atoms with E-state index in [1.165, 1.54) is 77.0 Å². The minimum atomic E-state index is 0.651. The molecule has 0 saturated carbocycles. The molecule has 0 bridgehead atoms. The summed E-state index contributed by atoms with van der Waals surface area (Å²) in [5.41, 5.74) is 0. The summed E-state index contributed by atoms with van der Waals surface area (Å²) < 4.78 is 0. The van der Waals surface area contributed by atoms with Crippen molar-refractivity contribution in [2.45, 2.75) is 117 Å². The van der Waals surface area contributed by atoms with Gasteiger partial charge in [0.1, 0.15) is 0 Å². The smallest absolute Gasteiger partial charge is 0.0249 e. The maximum absolute atomic E-state index is 5.23. The lowest BCUT2D eigenvalue weighted by molar-refractivity contribution is 0.330. The maximum Gasteiger partial charge on any atom is 0.0249 e. The lowest BCUT2D eigenvalue weighted by atomic mass is 9.98. The van der Waals surface area contributed by atoms with E-state index < -0.39 is 0 Å². The van der Waals surface area contributed by atoms with Gasteiger partial charge in [-0.05, 0) is 25.7 Å². The Labute approximate surface area is 122 Å². The number of hydrogen-bond acceptors (Lipinski definition) is 0. The fourth-order valence-electron chi connectivity index (χ4n) is 2.64. The van der Waals surface area contributed by atoms with E-state index >= 15 is 0 Å². The molecule has 115 valence electrons. The SMILES string of the molecule is CCCCC(CCCC)[N]C(CCCC)CCCC. The van der Waals surface area contributed by atoms with Gasteiger partial charge in [-0.25, -0.2) is 5.32 Å². The van der Waals surface area contributed by atoms with Crippen LogP contribution in [0.5, 0.6) is 0 Å². The van der Waals surface area contributed by atoms with Gasteiger partial charge in [-0.1, -0.05) is 79.1 Å². The van der Waals surface area contributed by atoms with Crippen LogP contribution in [0.1, 0.15) is 105 Å². The summed E-state index contributed by atoms with van der Waals surface area (Å²) in [5.74, 6) is 0. The zero-order valence-electron chi connectivity index (χ0n) is 14.1.